The molecule has 0 saturated carbocycles. The van der Waals surface area contributed by atoms with Crippen molar-refractivity contribution in [3.8, 4) is 33.6 Å². The molecule has 0 unspecified atom stereocenters. The molecule has 0 aliphatic heterocycles. The molecule has 0 bridgehead atoms. The van der Waals surface area contributed by atoms with Crippen molar-refractivity contribution in [3.63, 3.8) is 0 Å². The third-order valence-electron chi connectivity index (χ3n) is 13.5. The van der Waals surface area contributed by atoms with Gasteiger partial charge in [0.1, 0.15) is 0 Å². The Kier molecular flexibility index (Phi) is 7.30. The Labute approximate surface area is 366 Å². The van der Waals surface area contributed by atoms with Gasteiger partial charge in [-0.25, -0.2) is 0 Å². The number of rotatable bonds is 4. The van der Waals surface area contributed by atoms with Crippen molar-refractivity contribution in [2.24, 2.45) is 0 Å². The molecule has 3 heterocycles. The third kappa shape index (κ3) is 4.94. The van der Waals surface area contributed by atoms with Gasteiger partial charge in [-0.1, -0.05) is 176 Å². The molecule has 0 aliphatic carbocycles. The van der Waals surface area contributed by atoms with Crippen molar-refractivity contribution < 1.29 is 0 Å². The molecular weight excluding hydrogens is 781 g/mol. The average Bonchev–Trinajstić information content (AvgIpc) is 4.00. The highest BCUT2D eigenvalue weighted by Crippen LogP contribution is 2.51. The molecule has 0 aliphatic rings. The number of aromatic nitrogens is 2. The minimum absolute atomic E-state index is 1.14. The van der Waals surface area contributed by atoms with Crippen LogP contribution >= 0.6 is 11.3 Å². The van der Waals surface area contributed by atoms with E-state index in [-0.39, 0.29) is 0 Å². The lowest BCUT2D eigenvalue weighted by atomic mass is 9.93. The Hall–Kier alpha value is -7.98. The number of hydrogen-bond donors (Lipinski definition) is 0. The first-order chi connectivity index (χ1) is 31.3. The molecule has 0 spiro atoms. The fraction of sp³-hybridized carbons (Fsp3) is 0. The zero-order chi connectivity index (χ0) is 41.2. The van der Waals surface area contributed by atoms with Gasteiger partial charge in [0.25, 0.3) is 0 Å². The lowest BCUT2D eigenvalue weighted by Crippen LogP contribution is -1.99. The van der Waals surface area contributed by atoms with E-state index in [9.17, 15) is 0 Å². The van der Waals surface area contributed by atoms with Crippen LogP contribution in [0.25, 0.3) is 130 Å². The number of para-hydroxylation sites is 1. The Bertz CT molecular complexity index is 4180. The molecule has 0 amide bonds. The number of benzene rings is 11. The fourth-order valence-electron chi connectivity index (χ4n) is 10.8. The van der Waals surface area contributed by atoms with Crippen molar-refractivity contribution in [1.82, 2.24) is 9.13 Å². The monoisotopic (exact) mass is 816 g/mol. The predicted molar refractivity (Wildman–Crippen MR) is 271 cm³/mol. The second kappa shape index (κ2) is 13.3. The van der Waals surface area contributed by atoms with Gasteiger partial charge in [0.2, 0.25) is 0 Å². The van der Waals surface area contributed by atoms with Crippen LogP contribution in [0.15, 0.2) is 218 Å². The van der Waals surface area contributed by atoms with E-state index < -0.39 is 0 Å². The molecule has 14 aromatic rings. The summed E-state index contributed by atoms with van der Waals surface area (Å²) in [6, 6.07) is 80.9. The summed E-state index contributed by atoms with van der Waals surface area (Å²) < 4.78 is 7.69. The van der Waals surface area contributed by atoms with Crippen molar-refractivity contribution in [2.75, 3.05) is 0 Å². The summed E-state index contributed by atoms with van der Waals surface area (Å²) in [7, 11) is 0. The largest absolute Gasteiger partial charge is 0.309 e. The normalized spacial score (nSPS) is 12.1. The third-order valence-corrected chi connectivity index (χ3v) is 14.7. The van der Waals surface area contributed by atoms with Gasteiger partial charge in [0.15, 0.2) is 0 Å². The average molecular weight is 817 g/mol. The lowest BCUT2D eigenvalue weighted by molar-refractivity contribution is 1.17. The second-order valence-corrected chi connectivity index (χ2v) is 17.8. The van der Waals surface area contributed by atoms with Crippen LogP contribution in [0.3, 0.4) is 0 Å². The van der Waals surface area contributed by atoms with E-state index in [1.807, 2.05) is 11.3 Å². The molecule has 0 atom stereocenters. The highest BCUT2D eigenvalue weighted by Gasteiger charge is 2.25. The summed E-state index contributed by atoms with van der Waals surface area (Å²) in [6.45, 7) is 0. The molecule has 3 aromatic heterocycles. The highest BCUT2D eigenvalue weighted by atomic mass is 32.1. The standard InChI is InChI=1S/C60H36N2S/c1-2-17-40(18-3-1)56-46-23-8-9-24-47(46)59(58-48-25-11-13-28-55(48)63-60(56)58)62-52-34-31-38-16-5-7-21-44(38)57(52)50-35-49-45-22-10-12-27-51(45)61(53(49)36-54(50)62)41-32-29-39(30-33-41)43-26-14-19-37-15-4-6-20-42(37)43/h1-36H. The molecule has 14 rings (SSSR count). The molecule has 0 fully saturated rings. The van der Waals surface area contributed by atoms with Crippen LogP contribution in [0.4, 0.5) is 0 Å². The minimum Gasteiger partial charge on any atom is -0.309 e. The Morgan fingerprint density at radius 3 is 1.78 bits per heavy atom. The molecule has 2 nitrogen and oxygen atoms in total. The topological polar surface area (TPSA) is 9.86 Å². The van der Waals surface area contributed by atoms with Crippen LogP contribution in [0.1, 0.15) is 0 Å². The van der Waals surface area contributed by atoms with Crippen LogP contribution in [0.2, 0.25) is 0 Å². The summed E-state index contributed by atoms with van der Waals surface area (Å²) in [5.74, 6) is 0. The zero-order valence-corrected chi connectivity index (χ0v) is 34.9. The first-order valence-corrected chi connectivity index (χ1v) is 22.5. The zero-order valence-electron chi connectivity index (χ0n) is 34.1. The molecule has 63 heavy (non-hydrogen) atoms. The van der Waals surface area contributed by atoms with Gasteiger partial charge in [-0.15, -0.1) is 11.3 Å². The number of nitrogens with zero attached hydrogens (tertiary/aromatic N) is 2. The van der Waals surface area contributed by atoms with Gasteiger partial charge >= 0.3 is 0 Å². The SMILES string of the molecule is c1ccc(-c2c3ccccc3c(-n3c4cc5c(cc4c4c6ccccc6ccc43)c3ccccc3n5-c3ccc(-c4cccc5ccccc45)cc3)c3c2sc2ccccc23)cc1. The second-order valence-electron chi connectivity index (χ2n) is 16.8. The van der Waals surface area contributed by atoms with Gasteiger partial charge in [-0.2, -0.15) is 0 Å². The van der Waals surface area contributed by atoms with Crippen molar-refractivity contribution in [1.29, 1.82) is 0 Å². The van der Waals surface area contributed by atoms with Crippen LogP contribution in [0.5, 0.6) is 0 Å². The van der Waals surface area contributed by atoms with Crippen LogP contribution < -0.4 is 0 Å². The molecule has 0 radical (unpaired) electrons. The van der Waals surface area contributed by atoms with Crippen molar-refractivity contribution in [3.05, 3.63) is 218 Å². The fourth-order valence-corrected chi connectivity index (χ4v) is 12.1. The quantitative estimate of drug-likeness (QED) is 0.167. The van der Waals surface area contributed by atoms with E-state index >= 15 is 0 Å². The number of hydrogen-bond acceptors (Lipinski definition) is 1. The van der Waals surface area contributed by atoms with E-state index in [2.05, 4.69) is 228 Å². The maximum Gasteiger partial charge on any atom is 0.0634 e. The van der Waals surface area contributed by atoms with E-state index in [0.717, 1.165) is 5.69 Å². The predicted octanol–water partition coefficient (Wildman–Crippen LogP) is 17.0. The smallest absolute Gasteiger partial charge is 0.0634 e. The van der Waals surface area contributed by atoms with Gasteiger partial charge < -0.3 is 9.13 Å². The van der Waals surface area contributed by atoms with E-state index in [0.29, 0.717) is 0 Å². The molecule has 0 saturated heterocycles. The summed E-state index contributed by atoms with van der Waals surface area (Å²) in [5.41, 5.74) is 12.2. The van der Waals surface area contributed by atoms with Crippen LogP contribution in [-0.4, -0.2) is 9.13 Å². The molecule has 3 heteroatoms. The van der Waals surface area contributed by atoms with Crippen LogP contribution in [-0.2, 0) is 0 Å². The molecule has 0 N–H and O–H groups in total. The number of thiophene rings is 1. The van der Waals surface area contributed by atoms with E-state index in [1.54, 1.807) is 0 Å². The van der Waals surface area contributed by atoms with Gasteiger partial charge in [0.05, 0.1) is 27.8 Å². The Morgan fingerprint density at radius 1 is 0.317 bits per heavy atom. The van der Waals surface area contributed by atoms with E-state index in [1.165, 1.54) is 124 Å². The molecular formula is C60H36N2S. The maximum atomic E-state index is 2.61. The van der Waals surface area contributed by atoms with E-state index in [4.69, 9.17) is 0 Å². The lowest BCUT2D eigenvalue weighted by Gasteiger charge is -2.18. The highest BCUT2D eigenvalue weighted by molar-refractivity contribution is 7.26. The summed E-state index contributed by atoms with van der Waals surface area (Å²) in [4.78, 5) is 0. The van der Waals surface area contributed by atoms with Crippen molar-refractivity contribution >= 4 is 107 Å². The summed E-state index contributed by atoms with van der Waals surface area (Å²) in [6.07, 6.45) is 0. The maximum absolute atomic E-state index is 2.61. The Morgan fingerprint density at radius 2 is 0.952 bits per heavy atom. The van der Waals surface area contributed by atoms with Crippen molar-refractivity contribution in [2.45, 2.75) is 0 Å². The van der Waals surface area contributed by atoms with Crippen LogP contribution in [0, 0.1) is 0 Å². The van der Waals surface area contributed by atoms with Gasteiger partial charge in [0, 0.05) is 58.4 Å². The summed E-state index contributed by atoms with van der Waals surface area (Å²) in [5, 5.41) is 15.1. The van der Waals surface area contributed by atoms with Gasteiger partial charge in [-0.05, 0) is 86.1 Å². The minimum atomic E-state index is 1.14. The first-order valence-electron chi connectivity index (χ1n) is 21.7. The molecule has 11 aromatic carbocycles. The molecule has 292 valence electrons. The summed E-state index contributed by atoms with van der Waals surface area (Å²) >= 11 is 1.91. The van der Waals surface area contributed by atoms with Gasteiger partial charge in [-0.3, -0.25) is 0 Å². The first kappa shape index (κ1) is 34.7. The Balaban J connectivity index is 1.13. The number of fused-ring (bicyclic) bond motifs is 13.